The summed E-state index contributed by atoms with van der Waals surface area (Å²) in [7, 11) is 7.11. The van der Waals surface area contributed by atoms with Crippen LogP contribution < -0.4 is 10.7 Å². The standard InChI is InChI=1S/C55H74N10O8S/c1-13-63-43-18-17-35-26-38(43)39(48(63)37-16-14-23-56-46(37)34(4)72-12)28-53(5,6)32-73-51(69)55(71)21-15-24-65(59-55)50(68)40(27-44-57-41(35)31-74-44)58-49(67)47(33(2)3)61(11)52(70)64-30-36-29-62(25-20-42(36)64)45(66)19-22-54(7,8)60(9)10/h14,16-18,23,26,31,33-34,36,40,42,47,59,71H,13,15,20-21,24-25,27-30,32H2,1-12H3,(H,58,67)/t34-,36+,40-,42+,47-,55-/m0/s1. The summed E-state index contributed by atoms with van der Waals surface area (Å²) in [4.78, 5) is 87.8. The number of fused-ring (bicyclic) bond motifs is 7. The number of benzene rings is 1. The highest BCUT2D eigenvalue weighted by Gasteiger charge is 2.49. The number of likely N-dealkylation sites (tertiary alicyclic amines) is 2. The van der Waals surface area contributed by atoms with Crippen LogP contribution in [0.3, 0.4) is 0 Å². The Balaban J connectivity index is 1.09. The Morgan fingerprint density at radius 3 is 2.55 bits per heavy atom. The Morgan fingerprint density at radius 1 is 1.11 bits per heavy atom. The van der Waals surface area contributed by atoms with Gasteiger partial charge in [-0.25, -0.2) is 14.6 Å². The van der Waals surface area contributed by atoms with Crippen LogP contribution in [0, 0.1) is 29.1 Å². The maximum absolute atomic E-state index is 14.8. The van der Waals surface area contributed by atoms with Crippen LogP contribution in [0.4, 0.5) is 4.79 Å². The summed E-state index contributed by atoms with van der Waals surface area (Å²) in [6.07, 6.45) is 2.79. The Morgan fingerprint density at radius 2 is 1.86 bits per heavy atom. The fourth-order valence-electron chi connectivity index (χ4n) is 10.8. The van der Waals surface area contributed by atoms with Crippen molar-refractivity contribution in [2.45, 2.75) is 130 Å². The first-order chi connectivity index (χ1) is 35.0. The predicted molar refractivity (Wildman–Crippen MR) is 283 cm³/mol. The van der Waals surface area contributed by atoms with Crippen LogP contribution in [0.25, 0.3) is 33.4 Å². The van der Waals surface area contributed by atoms with Crippen LogP contribution in [0.2, 0.25) is 0 Å². The number of aryl methyl sites for hydroxylation is 1. The number of aromatic nitrogens is 3. The zero-order valence-corrected chi connectivity index (χ0v) is 45.9. The van der Waals surface area contributed by atoms with Gasteiger partial charge < -0.3 is 39.2 Å². The number of pyridine rings is 1. The summed E-state index contributed by atoms with van der Waals surface area (Å²) in [5, 5.41) is 19.6. The summed E-state index contributed by atoms with van der Waals surface area (Å²) < 4.78 is 14.1. The molecule has 7 heterocycles. The Kier molecular flexibility index (Phi) is 15.7. The van der Waals surface area contributed by atoms with E-state index in [-0.39, 0.29) is 68.3 Å². The number of cyclic esters (lactones) is 1. The molecule has 74 heavy (non-hydrogen) atoms. The number of ether oxygens (including phenoxy) is 2. The monoisotopic (exact) mass is 1030 g/mol. The number of nitrogens with zero attached hydrogens (tertiary/aromatic N) is 8. The molecule has 3 fully saturated rings. The molecule has 5 amide bonds. The largest absolute Gasteiger partial charge is 0.462 e. The number of hydrogen-bond donors (Lipinski definition) is 3. The van der Waals surface area contributed by atoms with E-state index in [9.17, 15) is 29.1 Å². The number of urea groups is 1. The minimum atomic E-state index is -2.24. The highest BCUT2D eigenvalue weighted by molar-refractivity contribution is 7.10. The summed E-state index contributed by atoms with van der Waals surface area (Å²) in [5.41, 5.74) is 5.77. The number of piperidine rings is 1. The van der Waals surface area contributed by atoms with Crippen LogP contribution >= 0.6 is 11.3 Å². The van der Waals surface area contributed by atoms with E-state index in [0.29, 0.717) is 49.7 Å². The van der Waals surface area contributed by atoms with E-state index < -0.39 is 46.5 Å². The van der Waals surface area contributed by atoms with Crippen molar-refractivity contribution in [2.24, 2.45) is 17.3 Å². The van der Waals surface area contributed by atoms with Gasteiger partial charge in [-0.15, -0.1) is 11.3 Å². The molecule has 0 radical (unpaired) electrons. The van der Waals surface area contributed by atoms with Crippen molar-refractivity contribution in [1.29, 1.82) is 0 Å². The summed E-state index contributed by atoms with van der Waals surface area (Å²) in [5.74, 6) is 3.36. The second-order valence-corrected chi connectivity index (χ2v) is 23.2. The molecule has 18 nitrogen and oxygen atoms in total. The first kappa shape index (κ1) is 54.4. The molecule has 3 N–H and O–H groups in total. The average molecular weight is 1040 g/mol. The summed E-state index contributed by atoms with van der Waals surface area (Å²) >= 11 is 1.36. The van der Waals surface area contributed by atoms with Gasteiger partial charge in [-0.2, -0.15) is 5.43 Å². The van der Waals surface area contributed by atoms with Crippen LogP contribution in [0.15, 0.2) is 41.9 Å². The summed E-state index contributed by atoms with van der Waals surface area (Å²) in [6.45, 7) is 17.9. The van der Waals surface area contributed by atoms with Crippen molar-refractivity contribution >= 4 is 52.0 Å². The predicted octanol–water partition coefficient (Wildman–Crippen LogP) is 5.48. The molecule has 8 rings (SSSR count). The molecule has 6 bridgehead atoms. The zero-order chi connectivity index (χ0) is 53.6. The number of likely N-dealkylation sites (N-methyl/N-ethyl adjacent to an activating group) is 1. The number of rotatable bonds is 9. The van der Waals surface area contributed by atoms with Gasteiger partial charge in [0.25, 0.3) is 11.8 Å². The van der Waals surface area contributed by atoms with Crippen molar-refractivity contribution in [2.75, 3.05) is 61.0 Å². The highest BCUT2D eigenvalue weighted by Crippen LogP contribution is 2.42. The number of carbonyl (C=O) groups excluding carboxylic acids is 5. The minimum absolute atomic E-state index is 0.0135. The van der Waals surface area contributed by atoms with E-state index in [1.165, 1.54) is 21.2 Å². The molecule has 3 aromatic heterocycles. The van der Waals surface area contributed by atoms with E-state index in [1.807, 2.05) is 85.0 Å². The SMILES string of the molecule is CCn1c(-c2cccnc2[C@H](C)OC)c2c3cc(ccc31)-c1csc(n1)C[C@H](NC(=O)[C@H](C(C)C)N(C)C(=O)N1C[C@H]3CN(C(=O)C#CC(C)(C)N(C)C)CC[C@H]31)C(=O)N1CCC[C@@](O)(N1)C(=O)OCC(C)(C)C2. The maximum Gasteiger partial charge on any atom is 0.355 e. The number of nitrogens with one attached hydrogen (secondary N) is 2. The molecule has 6 atom stereocenters. The lowest BCUT2D eigenvalue weighted by atomic mass is 9.82. The van der Waals surface area contributed by atoms with Crippen molar-refractivity contribution in [3.63, 3.8) is 0 Å². The smallest absolute Gasteiger partial charge is 0.355 e. The molecule has 0 aliphatic carbocycles. The third-order valence-electron chi connectivity index (χ3n) is 15.5. The third-order valence-corrected chi connectivity index (χ3v) is 16.4. The molecule has 0 saturated carbocycles. The molecule has 19 heteroatoms. The third kappa shape index (κ3) is 10.8. The number of methoxy groups -OCH3 is 1. The molecular formula is C55H74N10O8S. The fraction of sp³-hybridized carbons (Fsp3) is 0.582. The lowest BCUT2D eigenvalue weighted by Gasteiger charge is -2.54. The fourth-order valence-corrected chi connectivity index (χ4v) is 11.6. The molecule has 398 valence electrons. The maximum atomic E-state index is 14.8. The first-order valence-corrected chi connectivity index (χ1v) is 26.8. The zero-order valence-electron chi connectivity index (χ0n) is 45.1. The van der Waals surface area contributed by atoms with Gasteiger partial charge in [-0.05, 0) is 103 Å². The van der Waals surface area contributed by atoms with Gasteiger partial charge in [0, 0.05) is 111 Å². The number of esters is 1. The normalized spacial score (nSPS) is 23.0. The van der Waals surface area contributed by atoms with Crippen molar-refractivity contribution in [3.05, 3.63) is 58.2 Å². The van der Waals surface area contributed by atoms with E-state index >= 15 is 0 Å². The van der Waals surface area contributed by atoms with E-state index in [1.54, 1.807) is 30.2 Å². The van der Waals surface area contributed by atoms with Gasteiger partial charge in [-0.1, -0.05) is 39.7 Å². The average Bonchev–Trinajstić information content (AvgIpc) is 3.95. The molecular weight excluding hydrogens is 961 g/mol. The van der Waals surface area contributed by atoms with Gasteiger partial charge in [0.2, 0.25) is 11.6 Å². The number of hydrogen-bond acceptors (Lipinski definition) is 13. The lowest BCUT2D eigenvalue weighted by Crippen LogP contribution is -2.69. The number of thiazole rings is 1. The lowest BCUT2D eigenvalue weighted by molar-refractivity contribution is -0.189. The quantitative estimate of drug-likeness (QED) is 0.142. The molecule has 0 unspecified atom stereocenters. The van der Waals surface area contributed by atoms with E-state index in [0.717, 1.165) is 39.0 Å². The van der Waals surface area contributed by atoms with Crippen molar-refractivity contribution in [3.8, 4) is 34.4 Å². The van der Waals surface area contributed by atoms with E-state index in [2.05, 4.69) is 52.3 Å². The Hall–Kier alpha value is -5.91. The molecule has 4 aliphatic rings. The van der Waals surface area contributed by atoms with Crippen molar-refractivity contribution in [1.82, 2.24) is 49.9 Å². The number of hydrazine groups is 1. The molecule has 4 aromatic rings. The van der Waals surface area contributed by atoms with E-state index in [4.69, 9.17) is 19.4 Å². The Labute approximate surface area is 439 Å². The second kappa shape index (κ2) is 21.4. The molecule has 0 spiro atoms. The first-order valence-electron chi connectivity index (χ1n) is 25.9. The summed E-state index contributed by atoms with van der Waals surface area (Å²) in [6, 6.07) is 7.67. The van der Waals surface area contributed by atoms with Crippen LogP contribution in [-0.4, -0.2) is 164 Å². The minimum Gasteiger partial charge on any atom is -0.462 e. The number of carbonyl (C=O) groups is 5. The van der Waals surface area contributed by atoms with Crippen LogP contribution in [-0.2, 0) is 48.0 Å². The van der Waals surface area contributed by atoms with Gasteiger partial charge >= 0.3 is 12.0 Å². The number of aliphatic hydroxyl groups is 1. The molecule has 3 saturated heterocycles. The van der Waals surface area contributed by atoms with Crippen molar-refractivity contribution < 1.29 is 38.6 Å². The molecule has 4 aliphatic heterocycles. The topological polar surface area (TPSA) is 195 Å². The highest BCUT2D eigenvalue weighted by atomic mass is 32.1. The number of amides is 5. The van der Waals surface area contributed by atoms with Gasteiger partial charge in [0.05, 0.1) is 40.3 Å². The van der Waals surface area contributed by atoms with Gasteiger partial charge in [0.15, 0.2) is 0 Å². The van der Waals surface area contributed by atoms with Gasteiger partial charge in [-0.3, -0.25) is 29.3 Å². The second-order valence-electron chi connectivity index (χ2n) is 22.3. The van der Waals surface area contributed by atoms with Gasteiger partial charge in [0.1, 0.15) is 12.1 Å². The van der Waals surface area contributed by atoms with Crippen LogP contribution in [0.1, 0.15) is 97.0 Å². The molecule has 1 aromatic carbocycles. The van der Waals surface area contributed by atoms with Crippen LogP contribution in [0.5, 0.6) is 0 Å². The Bertz CT molecular complexity index is 2860.